The van der Waals surface area contributed by atoms with Crippen molar-refractivity contribution in [2.75, 3.05) is 13.7 Å². The molecule has 0 spiro atoms. The minimum Gasteiger partial charge on any atom is -0.496 e. The summed E-state index contributed by atoms with van der Waals surface area (Å²) in [6.07, 6.45) is 1.32. The summed E-state index contributed by atoms with van der Waals surface area (Å²) >= 11 is 3.54. The molecule has 0 N–H and O–H groups in total. The molecule has 1 saturated heterocycles. The summed E-state index contributed by atoms with van der Waals surface area (Å²) in [6.45, 7) is 6.90. The third-order valence-corrected chi connectivity index (χ3v) is 4.13. The molecule has 1 aliphatic rings. The van der Waals surface area contributed by atoms with Crippen LogP contribution in [0.25, 0.3) is 0 Å². The van der Waals surface area contributed by atoms with Crippen LogP contribution in [0.5, 0.6) is 5.75 Å². The highest BCUT2D eigenvalue weighted by molar-refractivity contribution is 9.10. The molecule has 0 amide bonds. The lowest BCUT2D eigenvalue weighted by molar-refractivity contribution is 0.256. The lowest BCUT2D eigenvalue weighted by Crippen LogP contribution is -2.26. The summed E-state index contributed by atoms with van der Waals surface area (Å²) < 4.78 is 6.29. The molecule has 0 aliphatic carbocycles. The average Bonchev–Trinajstić information content (AvgIpc) is 2.58. The molecule has 1 fully saturated rings. The van der Waals surface area contributed by atoms with Crippen LogP contribution in [0.15, 0.2) is 22.7 Å². The first-order valence-electron chi connectivity index (χ1n) is 6.16. The van der Waals surface area contributed by atoms with E-state index < -0.39 is 0 Å². The zero-order valence-electron chi connectivity index (χ0n) is 10.7. The molecule has 1 aromatic carbocycles. The van der Waals surface area contributed by atoms with Gasteiger partial charge in [-0.1, -0.05) is 13.0 Å². The Morgan fingerprint density at radius 1 is 1.41 bits per heavy atom. The minimum atomic E-state index is 0.700. The third kappa shape index (κ3) is 3.02. The molecule has 2 rings (SSSR count). The van der Waals surface area contributed by atoms with Crippen molar-refractivity contribution < 1.29 is 4.74 Å². The predicted octanol–water partition coefficient (Wildman–Crippen LogP) is 3.69. The molecular formula is C14H20BrNO. The normalized spacial score (nSPS) is 25.2. The standard InChI is InChI=1S/C14H20BrNO/c1-10-6-11(2)16(8-10)9-12-4-5-14(17-3)13(15)7-12/h4-5,7,10-11H,6,8-9H2,1-3H3. The number of hydrogen-bond donors (Lipinski definition) is 0. The Bertz CT molecular complexity index is 394. The van der Waals surface area contributed by atoms with Crippen LogP contribution in [0, 0.1) is 5.92 Å². The smallest absolute Gasteiger partial charge is 0.133 e. The second-order valence-electron chi connectivity index (χ2n) is 5.09. The molecule has 3 heteroatoms. The second kappa shape index (κ2) is 5.40. The van der Waals surface area contributed by atoms with Crippen molar-refractivity contribution in [3.8, 4) is 5.75 Å². The first-order valence-corrected chi connectivity index (χ1v) is 6.96. The molecular weight excluding hydrogens is 278 g/mol. The highest BCUT2D eigenvalue weighted by atomic mass is 79.9. The monoisotopic (exact) mass is 297 g/mol. The number of halogens is 1. The number of methoxy groups -OCH3 is 1. The average molecular weight is 298 g/mol. The van der Waals surface area contributed by atoms with E-state index in [0.29, 0.717) is 6.04 Å². The fraction of sp³-hybridized carbons (Fsp3) is 0.571. The molecule has 2 unspecified atom stereocenters. The lowest BCUT2D eigenvalue weighted by Gasteiger charge is -2.21. The fourth-order valence-corrected chi connectivity index (χ4v) is 3.24. The van der Waals surface area contributed by atoms with Gasteiger partial charge in [0, 0.05) is 19.1 Å². The highest BCUT2D eigenvalue weighted by Gasteiger charge is 2.25. The van der Waals surface area contributed by atoms with E-state index in [1.165, 1.54) is 18.5 Å². The summed E-state index contributed by atoms with van der Waals surface area (Å²) in [5, 5.41) is 0. The van der Waals surface area contributed by atoms with E-state index in [0.717, 1.165) is 22.7 Å². The topological polar surface area (TPSA) is 12.5 Å². The Morgan fingerprint density at radius 2 is 2.18 bits per heavy atom. The zero-order chi connectivity index (χ0) is 12.4. The minimum absolute atomic E-state index is 0.700. The van der Waals surface area contributed by atoms with Gasteiger partial charge in [0.25, 0.3) is 0 Å². The van der Waals surface area contributed by atoms with Crippen molar-refractivity contribution in [1.29, 1.82) is 0 Å². The van der Waals surface area contributed by atoms with Crippen LogP contribution in [0.3, 0.4) is 0 Å². The van der Waals surface area contributed by atoms with Crippen LogP contribution in [0.2, 0.25) is 0 Å². The molecule has 1 aliphatic heterocycles. The SMILES string of the molecule is COc1ccc(CN2CC(C)CC2C)cc1Br. The quantitative estimate of drug-likeness (QED) is 0.844. The van der Waals surface area contributed by atoms with Crippen LogP contribution < -0.4 is 4.74 Å². The van der Waals surface area contributed by atoms with E-state index in [1.807, 2.05) is 6.07 Å². The van der Waals surface area contributed by atoms with Crippen LogP contribution in [-0.4, -0.2) is 24.6 Å². The van der Waals surface area contributed by atoms with Crippen LogP contribution in [0.1, 0.15) is 25.8 Å². The number of ether oxygens (including phenoxy) is 1. The summed E-state index contributed by atoms with van der Waals surface area (Å²) in [5.74, 6) is 1.73. The molecule has 2 atom stereocenters. The molecule has 17 heavy (non-hydrogen) atoms. The maximum absolute atomic E-state index is 5.25. The lowest BCUT2D eigenvalue weighted by atomic mass is 10.1. The number of rotatable bonds is 3. The summed E-state index contributed by atoms with van der Waals surface area (Å²) in [6, 6.07) is 7.04. The van der Waals surface area contributed by atoms with Crippen molar-refractivity contribution in [3.63, 3.8) is 0 Å². The molecule has 0 saturated carbocycles. The molecule has 0 aromatic heterocycles. The Kier molecular flexibility index (Phi) is 4.10. The van der Waals surface area contributed by atoms with Crippen molar-refractivity contribution >= 4 is 15.9 Å². The molecule has 1 heterocycles. The second-order valence-corrected chi connectivity index (χ2v) is 5.94. The van der Waals surface area contributed by atoms with Crippen molar-refractivity contribution in [2.45, 2.75) is 32.9 Å². The first-order chi connectivity index (χ1) is 8.10. The predicted molar refractivity (Wildman–Crippen MR) is 74.3 cm³/mol. The van der Waals surface area contributed by atoms with Crippen molar-refractivity contribution in [1.82, 2.24) is 4.90 Å². The van der Waals surface area contributed by atoms with E-state index >= 15 is 0 Å². The molecule has 0 bridgehead atoms. The fourth-order valence-electron chi connectivity index (χ4n) is 2.65. The van der Waals surface area contributed by atoms with E-state index in [4.69, 9.17) is 4.74 Å². The number of benzene rings is 1. The van der Waals surface area contributed by atoms with Gasteiger partial charge in [-0.15, -0.1) is 0 Å². The largest absolute Gasteiger partial charge is 0.496 e. The van der Waals surface area contributed by atoms with Gasteiger partial charge in [0.05, 0.1) is 11.6 Å². The van der Waals surface area contributed by atoms with E-state index in [1.54, 1.807) is 7.11 Å². The van der Waals surface area contributed by atoms with Gasteiger partial charge in [0.2, 0.25) is 0 Å². The van der Waals surface area contributed by atoms with Gasteiger partial charge in [0.15, 0.2) is 0 Å². The van der Waals surface area contributed by atoms with Gasteiger partial charge in [-0.3, -0.25) is 4.90 Å². The van der Waals surface area contributed by atoms with E-state index in [9.17, 15) is 0 Å². The Morgan fingerprint density at radius 3 is 2.71 bits per heavy atom. The Balaban J connectivity index is 2.06. The maximum atomic E-state index is 5.25. The third-order valence-electron chi connectivity index (χ3n) is 3.51. The number of nitrogens with zero attached hydrogens (tertiary/aromatic N) is 1. The van der Waals surface area contributed by atoms with Crippen LogP contribution >= 0.6 is 15.9 Å². The summed E-state index contributed by atoms with van der Waals surface area (Å²) in [7, 11) is 1.70. The summed E-state index contributed by atoms with van der Waals surface area (Å²) in [4.78, 5) is 2.55. The Labute approximate surface area is 112 Å². The maximum Gasteiger partial charge on any atom is 0.133 e. The highest BCUT2D eigenvalue weighted by Crippen LogP contribution is 2.28. The van der Waals surface area contributed by atoms with E-state index in [-0.39, 0.29) is 0 Å². The van der Waals surface area contributed by atoms with Gasteiger partial charge in [-0.25, -0.2) is 0 Å². The van der Waals surface area contributed by atoms with Crippen molar-refractivity contribution in [3.05, 3.63) is 28.2 Å². The first kappa shape index (κ1) is 12.9. The number of likely N-dealkylation sites (tertiary alicyclic amines) is 1. The van der Waals surface area contributed by atoms with Crippen molar-refractivity contribution in [2.24, 2.45) is 5.92 Å². The Hall–Kier alpha value is -0.540. The molecule has 1 aromatic rings. The van der Waals surface area contributed by atoms with Crippen LogP contribution in [-0.2, 0) is 6.54 Å². The molecule has 2 nitrogen and oxygen atoms in total. The molecule has 94 valence electrons. The number of hydrogen-bond acceptors (Lipinski definition) is 2. The van der Waals surface area contributed by atoms with Gasteiger partial charge in [-0.2, -0.15) is 0 Å². The van der Waals surface area contributed by atoms with E-state index in [2.05, 4.69) is 46.8 Å². The van der Waals surface area contributed by atoms with Crippen LogP contribution in [0.4, 0.5) is 0 Å². The molecule has 0 radical (unpaired) electrons. The van der Waals surface area contributed by atoms with Gasteiger partial charge in [-0.05, 0) is 52.9 Å². The van der Waals surface area contributed by atoms with Gasteiger partial charge in [0.1, 0.15) is 5.75 Å². The summed E-state index contributed by atoms with van der Waals surface area (Å²) in [5.41, 5.74) is 1.35. The van der Waals surface area contributed by atoms with Gasteiger partial charge >= 0.3 is 0 Å². The van der Waals surface area contributed by atoms with Gasteiger partial charge < -0.3 is 4.74 Å². The zero-order valence-corrected chi connectivity index (χ0v) is 12.3.